The Bertz CT molecular complexity index is 684. The van der Waals surface area contributed by atoms with Crippen LogP contribution in [0.1, 0.15) is 31.7 Å². The van der Waals surface area contributed by atoms with E-state index in [2.05, 4.69) is 16.0 Å². The van der Waals surface area contributed by atoms with E-state index in [0.29, 0.717) is 12.2 Å². The monoisotopic (exact) mass is 281 g/mol. The number of nitrogens with zero attached hydrogens (tertiary/aromatic N) is 3. The quantitative estimate of drug-likeness (QED) is 0.864. The van der Waals surface area contributed by atoms with Crippen molar-refractivity contribution in [2.75, 3.05) is 24.6 Å². The molecule has 1 saturated heterocycles. The fraction of sp³-hybridized carbons (Fsp3) is 0.412. The van der Waals surface area contributed by atoms with E-state index in [1.165, 1.54) is 19.3 Å². The number of ether oxygens (including phenoxy) is 1. The van der Waals surface area contributed by atoms with Crippen LogP contribution in [0.25, 0.3) is 10.9 Å². The van der Waals surface area contributed by atoms with Crippen molar-refractivity contribution < 1.29 is 4.74 Å². The third-order valence-electron chi connectivity index (χ3n) is 3.91. The molecule has 1 fully saturated rings. The van der Waals surface area contributed by atoms with Gasteiger partial charge in [-0.1, -0.05) is 0 Å². The molecule has 3 rings (SSSR count). The Morgan fingerprint density at radius 1 is 1.29 bits per heavy atom. The molecule has 0 radical (unpaired) electrons. The van der Waals surface area contributed by atoms with Gasteiger partial charge in [-0.15, -0.1) is 0 Å². The van der Waals surface area contributed by atoms with Crippen molar-refractivity contribution in [1.82, 2.24) is 4.98 Å². The van der Waals surface area contributed by atoms with Crippen molar-refractivity contribution in [3.8, 4) is 11.8 Å². The Morgan fingerprint density at radius 2 is 2.10 bits per heavy atom. The molecule has 1 aliphatic rings. The highest BCUT2D eigenvalue weighted by molar-refractivity contribution is 5.95. The maximum absolute atomic E-state index is 9.43. The van der Waals surface area contributed by atoms with Crippen LogP contribution in [-0.4, -0.2) is 24.7 Å². The fourth-order valence-electron chi connectivity index (χ4n) is 2.95. The highest BCUT2D eigenvalue weighted by atomic mass is 16.5. The fourth-order valence-corrected chi connectivity index (χ4v) is 2.95. The van der Waals surface area contributed by atoms with Crippen molar-refractivity contribution in [1.29, 1.82) is 5.26 Å². The van der Waals surface area contributed by atoms with Crippen LogP contribution < -0.4 is 9.64 Å². The first-order chi connectivity index (χ1) is 10.3. The van der Waals surface area contributed by atoms with Gasteiger partial charge in [0, 0.05) is 24.7 Å². The molecular weight excluding hydrogens is 262 g/mol. The van der Waals surface area contributed by atoms with Crippen molar-refractivity contribution in [2.24, 2.45) is 0 Å². The molecule has 1 aliphatic heterocycles. The molecule has 0 spiro atoms. The van der Waals surface area contributed by atoms with E-state index in [9.17, 15) is 5.26 Å². The average Bonchev–Trinajstić information content (AvgIpc) is 2.54. The van der Waals surface area contributed by atoms with Gasteiger partial charge in [-0.2, -0.15) is 5.26 Å². The van der Waals surface area contributed by atoms with E-state index in [-0.39, 0.29) is 0 Å². The number of aromatic nitrogens is 1. The van der Waals surface area contributed by atoms with E-state index in [0.717, 1.165) is 35.4 Å². The first kappa shape index (κ1) is 13.7. The normalized spacial score (nSPS) is 15.0. The second kappa shape index (κ2) is 6.01. The van der Waals surface area contributed by atoms with Gasteiger partial charge in [0.1, 0.15) is 11.8 Å². The van der Waals surface area contributed by atoms with Gasteiger partial charge in [-0.25, -0.2) is 0 Å². The van der Waals surface area contributed by atoms with Crippen molar-refractivity contribution in [3.63, 3.8) is 0 Å². The highest BCUT2D eigenvalue weighted by Crippen LogP contribution is 2.33. The van der Waals surface area contributed by atoms with Crippen LogP contribution in [0.2, 0.25) is 0 Å². The Hall–Kier alpha value is -2.28. The second-order valence-electron chi connectivity index (χ2n) is 5.29. The number of anilines is 1. The van der Waals surface area contributed by atoms with Crippen LogP contribution in [-0.2, 0) is 0 Å². The van der Waals surface area contributed by atoms with Crippen LogP contribution >= 0.6 is 0 Å². The molecule has 2 heterocycles. The molecular formula is C17H19N3O. The summed E-state index contributed by atoms with van der Waals surface area (Å²) in [4.78, 5) is 6.73. The topological polar surface area (TPSA) is 49.1 Å². The number of nitriles is 1. The number of fused-ring (bicyclic) bond motifs is 1. The molecule has 0 atom stereocenters. The summed E-state index contributed by atoms with van der Waals surface area (Å²) in [5, 5.41) is 10.4. The van der Waals surface area contributed by atoms with Gasteiger partial charge in [0.15, 0.2) is 0 Å². The molecule has 4 nitrogen and oxygen atoms in total. The van der Waals surface area contributed by atoms with Crippen LogP contribution in [0, 0.1) is 11.3 Å². The van der Waals surface area contributed by atoms with Crippen LogP contribution in [0.5, 0.6) is 5.75 Å². The molecule has 0 aliphatic carbocycles. The van der Waals surface area contributed by atoms with Gasteiger partial charge < -0.3 is 9.64 Å². The first-order valence-electron chi connectivity index (χ1n) is 7.54. The Morgan fingerprint density at radius 3 is 2.81 bits per heavy atom. The summed E-state index contributed by atoms with van der Waals surface area (Å²) < 4.78 is 5.60. The predicted molar refractivity (Wildman–Crippen MR) is 83.7 cm³/mol. The number of hydrogen-bond acceptors (Lipinski definition) is 4. The smallest absolute Gasteiger partial charge is 0.120 e. The number of piperidine rings is 1. The minimum atomic E-state index is 0.635. The molecule has 4 heteroatoms. The molecule has 0 amide bonds. The zero-order valence-corrected chi connectivity index (χ0v) is 12.3. The van der Waals surface area contributed by atoms with Gasteiger partial charge >= 0.3 is 0 Å². The zero-order chi connectivity index (χ0) is 14.7. The summed E-state index contributed by atoms with van der Waals surface area (Å²) in [7, 11) is 0. The summed E-state index contributed by atoms with van der Waals surface area (Å²) in [5.41, 5.74) is 2.58. The lowest BCUT2D eigenvalue weighted by Crippen LogP contribution is -2.30. The molecule has 1 aromatic heterocycles. The Balaban J connectivity index is 2.16. The maximum Gasteiger partial charge on any atom is 0.120 e. The van der Waals surface area contributed by atoms with Gasteiger partial charge in [0.2, 0.25) is 0 Å². The van der Waals surface area contributed by atoms with Crippen molar-refractivity contribution in [3.05, 3.63) is 30.0 Å². The molecule has 0 bridgehead atoms. The van der Waals surface area contributed by atoms with Gasteiger partial charge in [0.25, 0.3) is 0 Å². The number of hydrogen-bond donors (Lipinski definition) is 0. The van der Waals surface area contributed by atoms with E-state index < -0.39 is 0 Å². The molecule has 1 aromatic carbocycles. The van der Waals surface area contributed by atoms with Crippen molar-refractivity contribution in [2.45, 2.75) is 26.2 Å². The summed E-state index contributed by atoms with van der Waals surface area (Å²) >= 11 is 0. The number of benzene rings is 1. The SMILES string of the molecule is CCOc1ccc2ncc(C#N)c(N3CCCCC3)c2c1. The lowest BCUT2D eigenvalue weighted by molar-refractivity contribution is 0.340. The van der Waals surface area contributed by atoms with Gasteiger partial charge in [-0.3, -0.25) is 4.98 Å². The minimum Gasteiger partial charge on any atom is -0.494 e. The van der Waals surface area contributed by atoms with Crippen LogP contribution in [0.3, 0.4) is 0 Å². The zero-order valence-electron chi connectivity index (χ0n) is 12.3. The third kappa shape index (κ3) is 2.64. The lowest BCUT2D eigenvalue weighted by Gasteiger charge is -2.30. The maximum atomic E-state index is 9.43. The van der Waals surface area contributed by atoms with E-state index >= 15 is 0 Å². The van der Waals surface area contributed by atoms with Crippen LogP contribution in [0.4, 0.5) is 5.69 Å². The molecule has 0 saturated carbocycles. The predicted octanol–water partition coefficient (Wildman–Crippen LogP) is 3.50. The standard InChI is InChI=1S/C17H19N3O/c1-2-21-14-6-7-16-15(10-14)17(13(11-18)12-19-16)20-8-4-3-5-9-20/h6-7,10,12H,2-5,8-9H2,1H3. The van der Waals surface area contributed by atoms with Gasteiger partial charge in [0.05, 0.1) is 23.4 Å². The average molecular weight is 281 g/mol. The third-order valence-corrected chi connectivity index (χ3v) is 3.91. The van der Waals surface area contributed by atoms with E-state index in [1.54, 1.807) is 6.20 Å². The molecule has 2 aromatic rings. The summed E-state index contributed by atoms with van der Waals surface area (Å²) in [6, 6.07) is 8.20. The second-order valence-corrected chi connectivity index (χ2v) is 5.29. The molecule has 21 heavy (non-hydrogen) atoms. The van der Waals surface area contributed by atoms with Crippen LogP contribution in [0.15, 0.2) is 24.4 Å². The van der Waals surface area contributed by atoms with E-state index in [1.807, 2.05) is 25.1 Å². The Labute approximate surface area is 125 Å². The summed E-state index contributed by atoms with van der Waals surface area (Å²) in [6.07, 6.45) is 5.32. The van der Waals surface area contributed by atoms with Gasteiger partial charge in [-0.05, 0) is 44.4 Å². The molecule has 0 N–H and O–H groups in total. The largest absolute Gasteiger partial charge is 0.494 e. The lowest BCUT2D eigenvalue weighted by atomic mass is 10.0. The summed E-state index contributed by atoms with van der Waals surface area (Å²) in [6.45, 7) is 4.62. The highest BCUT2D eigenvalue weighted by Gasteiger charge is 2.18. The molecule has 0 unspecified atom stereocenters. The Kier molecular flexibility index (Phi) is 3.92. The minimum absolute atomic E-state index is 0.635. The first-order valence-corrected chi connectivity index (χ1v) is 7.54. The van der Waals surface area contributed by atoms with E-state index in [4.69, 9.17) is 4.74 Å². The van der Waals surface area contributed by atoms with Crippen molar-refractivity contribution >= 4 is 16.6 Å². The summed E-state index contributed by atoms with van der Waals surface area (Å²) in [5.74, 6) is 0.833. The number of pyridine rings is 1. The number of rotatable bonds is 3. The molecule has 108 valence electrons.